The van der Waals surface area contributed by atoms with E-state index < -0.39 is 0 Å². The molecule has 0 aliphatic carbocycles. The minimum absolute atomic E-state index is 0.543. The van der Waals surface area contributed by atoms with Gasteiger partial charge in [-0.3, -0.25) is 0 Å². The van der Waals surface area contributed by atoms with E-state index in [1.807, 2.05) is 32.9 Å². The minimum Gasteiger partial charge on any atom is -0.473 e. The minimum atomic E-state index is 0.543. The first-order chi connectivity index (χ1) is 8.19. The van der Waals surface area contributed by atoms with Crippen molar-refractivity contribution in [2.45, 2.75) is 34.1 Å². The predicted octanol–water partition coefficient (Wildman–Crippen LogP) is 2.87. The highest BCUT2D eigenvalue weighted by Crippen LogP contribution is 2.21. The monoisotopic (exact) mass is 235 g/mol. The quantitative estimate of drug-likeness (QED) is 0.770. The van der Waals surface area contributed by atoms with Crippen LogP contribution in [0.15, 0.2) is 12.2 Å². The van der Waals surface area contributed by atoms with Gasteiger partial charge in [0, 0.05) is 6.54 Å². The van der Waals surface area contributed by atoms with Gasteiger partial charge in [-0.15, -0.1) is 0 Å². The van der Waals surface area contributed by atoms with Gasteiger partial charge in [0.25, 0.3) is 0 Å². The number of aryl methyl sites for hydroxylation is 1. The Bertz CT molecular complexity index is 388. The van der Waals surface area contributed by atoms with Gasteiger partial charge in [-0.2, -0.15) is 4.98 Å². The van der Waals surface area contributed by atoms with Crippen molar-refractivity contribution in [3.8, 4) is 5.88 Å². The Kier molecular flexibility index (Phi) is 5.46. The Labute approximate surface area is 103 Å². The van der Waals surface area contributed by atoms with Crippen LogP contribution in [0.3, 0.4) is 0 Å². The molecule has 0 aromatic carbocycles. The maximum Gasteiger partial charge on any atom is 0.222 e. The van der Waals surface area contributed by atoms with E-state index in [0.717, 1.165) is 30.2 Å². The molecule has 17 heavy (non-hydrogen) atoms. The Morgan fingerprint density at radius 1 is 1.29 bits per heavy atom. The third-order valence-corrected chi connectivity index (χ3v) is 2.31. The van der Waals surface area contributed by atoms with Crippen molar-refractivity contribution in [3.05, 3.63) is 23.5 Å². The summed E-state index contributed by atoms with van der Waals surface area (Å²) in [6, 6.07) is 0. The smallest absolute Gasteiger partial charge is 0.222 e. The number of nitrogens with zero attached hydrogens (tertiary/aromatic N) is 2. The summed E-state index contributed by atoms with van der Waals surface area (Å²) in [4.78, 5) is 8.68. The molecule has 0 atom stereocenters. The van der Waals surface area contributed by atoms with Gasteiger partial charge in [-0.05, 0) is 27.2 Å². The van der Waals surface area contributed by atoms with Crippen molar-refractivity contribution in [3.63, 3.8) is 0 Å². The summed E-state index contributed by atoms with van der Waals surface area (Å²) in [6.45, 7) is 9.39. The fourth-order valence-electron chi connectivity index (χ4n) is 1.38. The molecule has 0 radical (unpaired) electrons. The molecule has 94 valence electrons. The topological polar surface area (TPSA) is 47.0 Å². The average Bonchev–Trinajstić information content (AvgIpc) is 2.31. The SMILES string of the molecule is C/C=C/COc1nc(C)nc(NCCC)c1C. The summed E-state index contributed by atoms with van der Waals surface area (Å²) in [6.07, 6.45) is 4.98. The molecule has 0 saturated heterocycles. The Balaban J connectivity index is 2.84. The number of ether oxygens (including phenoxy) is 1. The van der Waals surface area contributed by atoms with Gasteiger partial charge in [-0.1, -0.05) is 19.1 Å². The van der Waals surface area contributed by atoms with E-state index in [-0.39, 0.29) is 0 Å². The van der Waals surface area contributed by atoms with Crippen LogP contribution in [0.25, 0.3) is 0 Å². The van der Waals surface area contributed by atoms with E-state index in [1.54, 1.807) is 0 Å². The first kappa shape index (κ1) is 13.5. The largest absolute Gasteiger partial charge is 0.473 e. The number of allylic oxidation sites excluding steroid dienone is 1. The molecule has 1 rings (SSSR count). The molecule has 0 aliphatic rings. The normalized spacial score (nSPS) is 10.8. The maximum atomic E-state index is 5.60. The van der Waals surface area contributed by atoms with Crippen molar-refractivity contribution < 1.29 is 4.74 Å². The van der Waals surface area contributed by atoms with E-state index in [9.17, 15) is 0 Å². The Hall–Kier alpha value is -1.58. The molecule has 1 N–H and O–H groups in total. The molecular weight excluding hydrogens is 214 g/mol. The zero-order valence-electron chi connectivity index (χ0n) is 11.1. The van der Waals surface area contributed by atoms with Crippen molar-refractivity contribution >= 4 is 5.82 Å². The van der Waals surface area contributed by atoms with Gasteiger partial charge in [0.1, 0.15) is 18.2 Å². The van der Waals surface area contributed by atoms with Gasteiger partial charge in [0.2, 0.25) is 5.88 Å². The van der Waals surface area contributed by atoms with Crippen molar-refractivity contribution in [1.82, 2.24) is 9.97 Å². The lowest BCUT2D eigenvalue weighted by molar-refractivity contribution is 0.344. The molecule has 4 heteroatoms. The average molecular weight is 235 g/mol. The zero-order chi connectivity index (χ0) is 12.7. The van der Waals surface area contributed by atoms with Crippen LogP contribution >= 0.6 is 0 Å². The van der Waals surface area contributed by atoms with E-state index in [1.165, 1.54) is 0 Å². The second-order valence-corrected chi connectivity index (χ2v) is 3.86. The Morgan fingerprint density at radius 3 is 2.71 bits per heavy atom. The van der Waals surface area contributed by atoms with Gasteiger partial charge < -0.3 is 10.1 Å². The fraction of sp³-hybridized carbons (Fsp3) is 0.538. The maximum absolute atomic E-state index is 5.60. The number of aromatic nitrogens is 2. The van der Waals surface area contributed by atoms with Crippen LogP contribution in [0.5, 0.6) is 5.88 Å². The molecule has 0 saturated carbocycles. The number of hydrogen-bond acceptors (Lipinski definition) is 4. The molecule has 1 aromatic rings. The van der Waals surface area contributed by atoms with Crippen molar-refractivity contribution in [2.24, 2.45) is 0 Å². The lowest BCUT2D eigenvalue weighted by Crippen LogP contribution is -2.08. The predicted molar refractivity (Wildman–Crippen MR) is 70.6 cm³/mol. The molecule has 1 heterocycles. The fourth-order valence-corrected chi connectivity index (χ4v) is 1.38. The summed E-state index contributed by atoms with van der Waals surface area (Å²) in [5.41, 5.74) is 0.966. The lowest BCUT2D eigenvalue weighted by Gasteiger charge is -2.12. The molecule has 0 bridgehead atoms. The second kappa shape index (κ2) is 6.89. The third-order valence-electron chi connectivity index (χ3n) is 2.31. The van der Waals surface area contributed by atoms with Gasteiger partial charge >= 0.3 is 0 Å². The molecule has 0 fully saturated rings. The van der Waals surface area contributed by atoms with Crippen LogP contribution in [0.2, 0.25) is 0 Å². The molecule has 0 amide bonds. The molecule has 0 aliphatic heterocycles. The summed E-state index contributed by atoms with van der Waals surface area (Å²) < 4.78 is 5.60. The summed E-state index contributed by atoms with van der Waals surface area (Å²) in [5, 5.41) is 3.29. The van der Waals surface area contributed by atoms with Crippen LogP contribution in [-0.4, -0.2) is 23.1 Å². The third kappa shape index (κ3) is 4.06. The standard InChI is InChI=1S/C13H21N3O/c1-5-7-9-17-13-10(3)12(14-8-6-2)15-11(4)16-13/h5,7H,6,8-9H2,1-4H3,(H,14,15,16)/b7-5+. The van der Waals surface area contributed by atoms with Gasteiger partial charge in [0.05, 0.1) is 5.56 Å². The first-order valence-electron chi connectivity index (χ1n) is 6.02. The van der Waals surface area contributed by atoms with Gasteiger partial charge in [-0.25, -0.2) is 4.98 Å². The first-order valence-corrected chi connectivity index (χ1v) is 6.02. The Morgan fingerprint density at radius 2 is 2.06 bits per heavy atom. The van der Waals surface area contributed by atoms with Crippen LogP contribution in [0, 0.1) is 13.8 Å². The van der Waals surface area contributed by atoms with E-state index in [4.69, 9.17) is 4.74 Å². The van der Waals surface area contributed by atoms with Crippen LogP contribution < -0.4 is 10.1 Å². The lowest BCUT2D eigenvalue weighted by atomic mass is 10.3. The van der Waals surface area contributed by atoms with E-state index >= 15 is 0 Å². The number of hydrogen-bond donors (Lipinski definition) is 1. The van der Waals surface area contributed by atoms with Crippen molar-refractivity contribution in [1.29, 1.82) is 0 Å². The van der Waals surface area contributed by atoms with Crippen LogP contribution in [0.4, 0.5) is 5.82 Å². The van der Waals surface area contributed by atoms with E-state index in [2.05, 4.69) is 22.2 Å². The highest BCUT2D eigenvalue weighted by molar-refractivity contribution is 5.48. The number of anilines is 1. The van der Waals surface area contributed by atoms with Gasteiger partial charge in [0.15, 0.2) is 0 Å². The summed E-state index contributed by atoms with van der Waals surface area (Å²) >= 11 is 0. The molecule has 0 unspecified atom stereocenters. The molecule has 0 spiro atoms. The summed E-state index contributed by atoms with van der Waals surface area (Å²) in [5.74, 6) is 2.26. The van der Waals surface area contributed by atoms with E-state index in [0.29, 0.717) is 12.5 Å². The number of nitrogens with one attached hydrogen (secondary N) is 1. The highest BCUT2D eigenvalue weighted by Gasteiger charge is 2.09. The highest BCUT2D eigenvalue weighted by atomic mass is 16.5. The van der Waals surface area contributed by atoms with Crippen molar-refractivity contribution in [2.75, 3.05) is 18.5 Å². The summed E-state index contributed by atoms with van der Waals surface area (Å²) in [7, 11) is 0. The van der Waals surface area contributed by atoms with Crippen LogP contribution in [0.1, 0.15) is 31.7 Å². The van der Waals surface area contributed by atoms with Crippen LogP contribution in [-0.2, 0) is 0 Å². The molecular formula is C13H21N3O. The molecule has 4 nitrogen and oxygen atoms in total. The second-order valence-electron chi connectivity index (χ2n) is 3.86. The number of rotatable bonds is 6. The zero-order valence-corrected chi connectivity index (χ0v) is 11.1. The molecule has 1 aromatic heterocycles.